The van der Waals surface area contributed by atoms with Crippen LogP contribution in [-0.4, -0.2) is 30.4 Å². The smallest absolute Gasteiger partial charge is 0.338 e. The van der Waals surface area contributed by atoms with E-state index in [0.717, 1.165) is 11.1 Å². The fraction of sp³-hybridized carbons (Fsp3) is 0.462. The van der Waals surface area contributed by atoms with Crippen LogP contribution >= 0.6 is 11.8 Å². The number of carbonyl (C=O) groups excluding carboxylic acids is 1. The third-order valence-corrected chi connectivity index (χ3v) is 3.33. The molecule has 0 radical (unpaired) electrons. The van der Waals surface area contributed by atoms with E-state index in [1.54, 1.807) is 0 Å². The SMILES string of the molecule is Cc1ccccc1CCNC(=O)NCCSC(F)(F)F. The molecule has 0 bridgehead atoms. The molecule has 1 aromatic carbocycles. The Kier molecular flexibility index (Phi) is 6.70. The molecule has 0 fully saturated rings. The Labute approximate surface area is 120 Å². The molecule has 7 heteroatoms. The molecule has 2 amide bonds. The van der Waals surface area contributed by atoms with Crippen LogP contribution in [-0.2, 0) is 6.42 Å². The maximum absolute atomic E-state index is 11.8. The summed E-state index contributed by atoms with van der Waals surface area (Å²) in [5.41, 5.74) is -1.96. The fourth-order valence-corrected chi connectivity index (χ4v) is 2.03. The number of rotatable bonds is 6. The highest BCUT2D eigenvalue weighted by atomic mass is 32.2. The first-order valence-corrected chi connectivity index (χ1v) is 7.14. The molecule has 1 aromatic rings. The Morgan fingerprint density at radius 1 is 1.20 bits per heavy atom. The van der Waals surface area contributed by atoms with Crippen LogP contribution in [0.3, 0.4) is 0 Å². The Morgan fingerprint density at radius 3 is 2.50 bits per heavy atom. The van der Waals surface area contributed by atoms with Crippen molar-refractivity contribution in [3.8, 4) is 0 Å². The summed E-state index contributed by atoms with van der Waals surface area (Å²) in [6.07, 6.45) is 0.692. The van der Waals surface area contributed by atoms with Crippen LogP contribution in [0.25, 0.3) is 0 Å². The number of alkyl halides is 3. The minimum Gasteiger partial charge on any atom is -0.338 e. The van der Waals surface area contributed by atoms with Gasteiger partial charge in [0.15, 0.2) is 0 Å². The quantitative estimate of drug-likeness (QED) is 0.793. The first-order chi connectivity index (χ1) is 9.38. The highest BCUT2D eigenvalue weighted by molar-refractivity contribution is 8.00. The Hall–Kier alpha value is -1.37. The molecule has 2 N–H and O–H groups in total. The van der Waals surface area contributed by atoms with Crippen molar-refractivity contribution < 1.29 is 18.0 Å². The van der Waals surface area contributed by atoms with E-state index in [0.29, 0.717) is 13.0 Å². The van der Waals surface area contributed by atoms with Crippen LogP contribution < -0.4 is 10.6 Å². The van der Waals surface area contributed by atoms with Gasteiger partial charge in [0.2, 0.25) is 0 Å². The minimum absolute atomic E-state index is 0.0135. The molecule has 0 spiro atoms. The molecule has 0 aliphatic carbocycles. The number of halogens is 3. The minimum atomic E-state index is -4.25. The molecule has 0 aromatic heterocycles. The number of benzene rings is 1. The summed E-state index contributed by atoms with van der Waals surface area (Å²) in [6.45, 7) is 2.42. The molecule has 0 aliphatic heterocycles. The molecular formula is C13H17F3N2OS. The summed E-state index contributed by atoms with van der Waals surface area (Å²) in [5.74, 6) is -0.186. The Balaban J connectivity index is 2.13. The van der Waals surface area contributed by atoms with Gasteiger partial charge in [0.1, 0.15) is 0 Å². The maximum Gasteiger partial charge on any atom is 0.441 e. The number of hydrogen-bond acceptors (Lipinski definition) is 2. The van der Waals surface area contributed by atoms with E-state index in [1.165, 1.54) is 0 Å². The lowest BCUT2D eigenvalue weighted by Crippen LogP contribution is -2.37. The van der Waals surface area contributed by atoms with E-state index >= 15 is 0 Å². The van der Waals surface area contributed by atoms with Crippen LogP contribution in [0.5, 0.6) is 0 Å². The second-order valence-electron chi connectivity index (χ2n) is 4.15. The first kappa shape index (κ1) is 16.7. The molecule has 1 rings (SSSR count). The predicted molar refractivity (Wildman–Crippen MR) is 74.8 cm³/mol. The van der Waals surface area contributed by atoms with Crippen LogP contribution in [0.1, 0.15) is 11.1 Å². The van der Waals surface area contributed by atoms with Crippen LogP contribution in [0.4, 0.5) is 18.0 Å². The molecular weight excluding hydrogens is 289 g/mol. The predicted octanol–water partition coefficient (Wildman–Crippen LogP) is 3.09. The molecule has 0 heterocycles. The normalized spacial score (nSPS) is 11.2. The lowest BCUT2D eigenvalue weighted by Gasteiger charge is -2.09. The zero-order chi connectivity index (χ0) is 15.0. The molecule has 0 saturated heterocycles. The van der Waals surface area contributed by atoms with E-state index in [4.69, 9.17) is 0 Å². The van der Waals surface area contributed by atoms with E-state index in [-0.39, 0.29) is 24.1 Å². The second kappa shape index (κ2) is 8.04. The average molecular weight is 306 g/mol. The van der Waals surface area contributed by atoms with Gasteiger partial charge in [-0.2, -0.15) is 13.2 Å². The van der Waals surface area contributed by atoms with Gasteiger partial charge in [-0.3, -0.25) is 0 Å². The number of nitrogens with one attached hydrogen (secondary N) is 2. The monoisotopic (exact) mass is 306 g/mol. The highest BCUT2D eigenvalue weighted by Gasteiger charge is 2.27. The summed E-state index contributed by atoms with van der Waals surface area (Å²) in [5, 5.41) is 5.00. The van der Waals surface area contributed by atoms with Crippen molar-refractivity contribution in [3.63, 3.8) is 0 Å². The molecule has 20 heavy (non-hydrogen) atoms. The topological polar surface area (TPSA) is 41.1 Å². The zero-order valence-corrected chi connectivity index (χ0v) is 11.9. The maximum atomic E-state index is 11.8. The van der Waals surface area contributed by atoms with Gasteiger partial charge in [-0.1, -0.05) is 24.3 Å². The van der Waals surface area contributed by atoms with Gasteiger partial charge < -0.3 is 10.6 Å². The van der Waals surface area contributed by atoms with E-state index < -0.39 is 11.5 Å². The standard InChI is InChI=1S/C13H17F3N2OS/c1-10-4-2-3-5-11(10)6-7-17-12(19)18-8-9-20-13(14,15)16/h2-5H,6-9H2,1H3,(H2,17,18,19). The zero-order valence-electron chi connectivity index (χ0n) is 11.1. The average Bonchev–Trinajstić information content (AvgIpc) is 2.36. The second-order valence-corrected chi connectivity index (χ2v) is 5.31. The number of thioether (sulfide) groups is 1. The van der Waals surface area contributed by atoms with Crippen LogP contribution in [0.15, 0.2) is 24.3 Å². The number of carbonyl (C=O) groups is 1. The van der Waals surface area contributed by atoms with Crippen molar-refractivity contribution in [1.29, 1.82) is 0 Å². The van der Waals surface area contributed by atoms with Gasteiger partial charge in [-0.05, 0) is 36.2 Å². The largest absolute Gasteiger partial charge is 0.441 e. The number of hydrogen-bond donors (Lipinski definition) is 2. The summed E-state index contributed by atoms with van der Waals surface area (Å²) in [7, 11) is 0. The van der Waals surface area contributed by atoms with Crippen LogP contribution in [0.2, 0.25) is 0 Å². The summed E-state index contributed by atoms with van der Waals surface area (Å²) < 4.78 is 35.5. The van der Waals surface area contributed by atoms with Gasteiger partial charge in [-0.15, -0.1) is 0 Å². The molecule has 0 unspecified atom stereocenters. The third-order valence-electron chi connectivity index (χ3n) is 2.59. The summed E-state index contributed by atoms with van der Waals surface area (Å²) >= 11 is -0.144. The Bertz CT molecular complexity index is 438. The van der Waals surface area contributed by atoms with E-state index in [1.807, 2.05) is 31.2 Å². The van der Waals surface area contributed by atoms with Crippen molar-refractivity contribution >= 4 is 17.8 Å². The van der Waals surface area contributed by atoms with Gasteiger partial charge in [0.25, 0.3) is 0 Å². The van der Waals surface area contributed by atoms with Crippen molar-refractivity contribution in [2.75, 3.05) is 18.8 Å². The number of amides is 2. The van der Waals surface area contributed by atoms with Gasteiger partial charge in [0, 0.05) is 18.8 Å². The van der Waals surface area contributed by atoms with E-state index in [9.17, 15) is 18.0 Å². The molecule has 0 aliphatic rings. The molecule has 0 atom stereocenters. The van der Waals surface area contributed by atoms with Crippen molar-refractivity contribution in [2.45, 2.75) is 18.9 Å². The third kappa shape index (κ3) is 7.28. The van der Waals surface area contributed by atoms with Crippen LogP contribution in [0, 0.1) is 6.92 Å². The van der Waals surface area contributed by atoms with Crippen molar-refractivity contribution in [3.05, 3.63) is 35.4 Å². The molecule has 3 nitrogen and oxygen atoms in total. The lowest BCUT2D eigenvalue weighted by atomic mass is 10.1. The number of aryl methyl sites for hydroxylation is 1. The van der Waals surface area contributed by atoms with Gasteiger partial charge >= 0.3 is 11.5 Å². The highest BCUT2D eigenvalue weighted by Crippen LogP contribution is 2.29. The van der Waals surface area contributed by atoms with E-state index in [2.05, 4.69) is 10.6 Å². The van der Waals surface area contributed by atoms with Gasteiger partial charge in [-0.25, -0.2) is 4.79 Å². The van der Waals surface area contributed by atoms with Crippen molar-refractivity contribution in [1.82, 2.24) is 10.6 Å². The lowest BCUT2D eigenvalue weighted by molar-refractivity contribution is -0.0327. The molecule has 112 valence electrons. The first-order valence-electron chi connectivity index (χ1n) is 6.15. The van der Waals surface area contributed by atoms with Crippen molar-refractivity contribution in [2.24, 2.45) is 0 Å². The van der Waals surface area contributed by atoms with Gasteiger partial charge in [0.05, 0.1) is 0 Å². The molecule has 0 saturated carbocycles. The number of urea groups is 1. The summed E-state index contributed by atoms with van der Waals surface area (Å²) in [6, 6.07) is 7.40. The Morgan fingerprint density at radius 2 is 1.85 bits per heavy atom. The summed E-state index contributed by atoms with van der Waals surface area (Å²) in [4.78, 5) is 11.3. The fourth-order valence-electron chi connectivity index (χ4n) is 1.60.